The number of hydrogen-bond donors (Lipinski definition) is 1. The minimum absolute atomic E-state index is 0.641. The summed E-state index contributed by atoms with van der Waals surface area (Å²) >= 11 is 0. The Morgan fingerprint density at radius 3 is 2.56 bits per heavy atom. The Labute approximate surface area is 100 Å². The minimum Gasteiger partial charge on any atom is -0.414 e. The number of halogens is 1. The van der Waals surface area contributed by atoms with Gasteiger partial charge in [0, 0.05) is 6.61 Å². The van der Waals surface area contributed by atoms with Crippen LogP contribution in [0.3, 0.4) is 0 Å². The van der Waals surface area contributed by atoms with Gasteiger partial charge in [-0.05, 0) is 51.4 Å². The number of nitrogens with one attached hydrogen (secondary N) is 1. The lowest BCUT2D eigenvalue weighted by molar-refractivity contribution is 0.190. The molecule has 0 saturated carbocycles. The summed E-state index contributed by atoms with van der Waals surface area (Å²) < 4.78 is 19.8. The molecule has 0 aliphatic carbocycles. The maximum absolute atomic E-state index is 13.9. The zero-order valence-corrected chi connectivity index (χ0v) is 11.9. The fourth-order valence-corrected chi connectivity index (χ4v) is 3.90. The average Bonchev–Trinajstić information content (AvgIpc) is 2.28. The molecule has 1 rings (SSSR count). The second-order valence-electron chi connectivity index (χ2n) is 5.36. The summed E-state index contributed by atoms with van der Waals surface area (Å²) in [5.41, 5.74) is 0. The summed E-state index contributed by atoms with van der Waals surface area (Å²) in [7, 11) is -2.10. The maximum Gasteiger partial charge on any atom is 0.221 e. The van der Waals surface area contributed by atoms with E-state index in [1.165, 1.54) is 12.8 Å². The van der Waals surface area contributed by atoms with E-state index in [0.29, 0.717) is 12.3 Å². The number of hydrogen-bond acceptors (Lipinski definition) is 2. The lowest BCUT2D eigenvalue weighted by Crippen LogP contribution is -2.44. The number of rotatable bonds is 6. The maximum atomic E-state index is 13.9. The molecule has 0 bridgehead atoms. The van der Waals surface area contributed by atoms with Gasteiger partial charge in [0.2, 0.25) is 8.32 Å². The molecule has 1 unspecified atom stereocenters. The first kappa shape index (κ1) is 14.1. The zero-order valence-electron chi connectivity index (χ0n) is 10.9. The molecule has 0 radical (unpaired) electrons. The molecule has 2 nitrogen and oxygen atoms in total. The van der Waals surface area contributed by atoms with E-state index < -0.39 is 14.1 Å². The third kappa shape index (κ3) is 4.51. The van der Waals surface area contributed by atoms with Crippen LogP contribution in [-0.4, -0.2) is 33.8 Å². The Morgan fingerprint density at radius 1 is 1.38 bits per heavy atom. The van der Waals surface area contributed by atoms with Crippen LogP contribution >= 0.6 is 0 Å². The van der Waals surface area contributed by atoms with Gasteiger partial charge in [-0.15, -0.1) is 0 Å². The standard InChI is InChI=1S/C12H26FNOSi/c1-4-5-12(13)16(2,3)15-10-11-6-8-14-9-7-11/h11-12,14H,4-10H2,1-3H3. The monoisotopic (exact) mass is 247 g/mol. The summed E-state index contributed by atoms with van der Waals surface area (Å²) in [5.74, 6) is -0.0685. The van der Waals surface area contributed by atoms with Crippen molar-refractivity contribution in [2.75, 3.05) is 19.7 Å². The van der Waals surface area contributed by atoms with Crippen molar-refractivity contribution in [2.45, 2.75) is 51.5 Å². The molecule has 1 atom stereocenters. The highest BCUT2D eigenvalue weighted by Gasteiger charge is 2.34. The lowest BCUT2D eigenvalue weighted by atomic mass is 10.00. The highest BCUT2D eigenvalue weighted by Crippen LogP contribution is 2.21. The van der Waals surface area contributed by atoms with Crippen LogP contribution in [0.4, 0.5) is 4.39 Å². The third-order valence-corrected chi connectivity index (χ3v) is 6.15. The largest absolute Gasteiger partial charge is 0.414 e. The highest BCUT2D eigenvalue weighted by molar-refractivity contribution is 6.72. The molecule has 0 spiro atoms. The topological polar surface area (TPSA) is 21.3 Å². The van der Waals surface area contributed by atoms with Gasteiger partial charge in [0.1, 0.15) is 5.79 Å². The minimum atomic E-state index is -2.10. The van der Waals surface area contributed by atoms with Crippen LogP contribution in [0.25, 0.3) is 0 Å². The van der Waals surface area contributed by atoms with Gasteiger partial charge in [0.15, 0.2) is 0 Å². The smallest absolute Gasteiger partial charge is 0.221 e. The van der Waals surface area contributed by atoms with Crippen LogP contribution < -0.4 is 5.32 Å². The van der Waals surface area contributed by atoms with Crippen molar-refractivity contribution in [1.82, 2.24) is 5.32 Å². The van der Waals surface area contributed by atoms with Gasteiger partial charge in [-0.3, -0.25) is 0 Å². The van der Waals surface area contributed by atoms with E-state index in [2.05, 4.69) is 5.32 Å². The normalized spacial score (nSPS) is 21.0. The predicted molar refractivity (Wildman–Crippen MR) is 68.8 cm³/mol. The second-order valence-corrected chi connectivity index (χ2v) is 9.49. The molecule has 0 aromatic rings. The Kier molecular flexibility index (Phi) is 5.93. The Morgan fingerprint density at radius 2 is 2.00 bits per heavy atom. The van der Waals surface area contributed by atoms with E-state index in [1.54, 1.807) is 0 Å². The molecule has 1 aliphatic rings. The first-order valence-corrected chi connectivity index (χ1v) is 9.53. The quantitative estimate of drug-likeness (QED) is 0.729. The van der Waals surface area contributed by atoms with Gasteiger partial charge in [-0.25, -0.2) is 4.39 Å². The van der Waals surface area contributed by atoms with Gasteiger partial charge < -0.3 is 9.74 Å². The van der Waals surface area contributed by atoms with E-state index in [1.807, 2.05) is 20.0 Å². The molecule has 1 N–H and O–H groups in total. The van der Waals surface area contributed by atoms with Crippen molar-refractivity contribution in [3.05, 3.63) is 0 Å². The van der Waals surface area contributed by atoms with Gasteiger partial charge in [-0.1, -0.05) is 13.3 Å². The molecule has 1 aliphatic heterocycles. The molecule has 0 amide bonds. The first-order valence-electron chi connectivity index (χ1n) is 6.55. The van der Waals surface area contributed by atoms with E-state index in [-0.39, 0.29) is 0 Å². The van der Waals surface area contributed by atoms with Crippen LogP contribution in [0.5, 0.6) is 0 Å². The molecular weight excluding hydrogens is 221 g/mol. The number of alkyl halides is 1. The van der Waals surface area contributed by atoms with E-state index in [4.69, 9.17) is 4.43 Å². The summed E-state index contributed by atoms with van der Waals surface area (Å²) in [4.78, 5) is 0. The van der Waals surface area contributed by atoms with E-state index in [9.17, 15) is 4.39 Å². The van der Waals surface area contributed by atoms with E-state index in [0.717, 1.165) is 26.1 Å². The van der Waals surface area contributed by atoms with E-state index >= 15 is 0 Å². The molecular formula is C12H26FNOSi. The molecule has 0 aromatic carbocycles. The molecule has 1 saturated heterocycles. The molecule has 16 heavy (non-hydrogen) atoms. The van der Waals surface area contributed by atoms with Crippen molar-refractivity contribution >= 4 is 8.32 Å². The molecule has 1 fully saturated rings. The molecule has 4 heteroatoms. The summed E-state index contributed by atoms with van der Waals surface area (Å²) in [6.07, 6.45) is 3.92. The van der Waals surface area contributed by atoms with Crippen LogP contribution in [0.15, 0.2) is 0 Å². The summed E-state index contributed by atoms with van der Waals surface area (Å²) in [5, 5.41) is 3.34. The van der Waals surface area contributed by atoms with Crippen molar-refractivity contribution in [2.24, 2.45) is 5.92 Å². The summed E-state index contributed by atoms with van der Waals surface area (Å²) in [6.45, 7) is 8.99. The van der Waals surface area contributed by atoms with Crippen molar-refractivity contribution < 1.29 is 8.82 Å². The van der Waals surface area contributed by atoms with Gasteiger partial charge in [-0.2, -0.15) is 0 Å². The average molecular weight is 247 g/mol. The molecule has 0 aromatic heterocycles. The van der Waals surface area contributed by atoms with Crippen molar-refractivity contribution in [3.63, 3.8) is 0 Å². The van der Waals surface area contributed by atoms with Crippen LogP contribution in [0.2, 0.25) is 13.1 Å². The van der Waals surface area contributed by atoms with Crippen LogP contribution in [-0.2, 0) is 4.43 Å². The van der Waals surface area contributed by atoms with Gasteiger partial charge >= 0.3 is 0 Å². The highest BCUT2D eigenvalue weighted by atomic mass is 28.4. The Balaban J connectivity index is 2.28. The molecule has 1 heterocycles. The molecule has 96 valence electrons. The van der Waals surface area contributed by atoms with Crippen LogP contribution in [0, 0.1) is 5.92 Å². The lowest BCUT2D eigenvalue weighted by Gasteiger charge is -2.30. The Bertz CT molecular complexity index is 195. The first-order chi connectivity index (χ1) is 7.56. The Hall–Kier alpha value is 0.0669. The van der Waals surface area contributed by atoms with Crippen molar-refractivity contribution in [1.29, 1.82) is 0 Å². The fraction of sp³-hybridized carbons (Fsp3) is 1.00. The van der Waals surface area contributed by atoms with Crippen LogP contribution in [0.1, 0.15) is 32.6 Å². The summed E-state index contributed by atoms with van der Waals surface area (Å²) in [6, 6.07) is 0. The fourth-order valence-electron chi connectivity index (χ4n) is 2.07. The van der Waals surface area contributed by atoms with Gasteiger partial charge in [0.05, 0.1) is 0 Å². The third-order valence-electron chi connectivity index (χ3n) is 3.45. The predicted octanol–water partition coefficient (Wildman–Crippen LogP) is 2.89. The second kappa shape index (κ2) is 6.72. The zero-order chi connectivity index (χ0) is 12.0. The SMILES string of the molecule is CCCC(F)[Si](C)(C)OCC1CCNCC1. The van der Waals surface area contributed by atoms with Crippen molar-refractivity contribution in [3.8, 4) is 0 Å². The number of piperidine rings is 1. The van der Waals surface area contributed by atoms with Gasteiger partial charge in [0.25, 0.3) is 0 Å².